The predicted octanol–water partition coefficient (Wildman–Crippen LogP) is 2.56. The third kappa shape index (κ3) is 3.71. The molecule has 1 amide bonds. The summed E-state index contributed by atoms with van der Waals surface area (Å²) in [6.07, 6.45) is 8.70. The normalized spacial score (nSPS) is 31.1. The van der Waals surface area contributed by atoms with Crippen molar-refractivity contribution in [1.29, 1.82) is 0 Å². The van der Waals surface area contributed by atoms with Gasteiger partial charge in [0.25, 0.3) is 0 Å². The number of amides is 1. The van der Waals surface area contributed by atoms with Crippen LogP contribution in [-0.4, -0.2) is 36.0 Å². The van der Waals surface area contributed by atoms with Crippen LogP contribution in [0.1, 0.15) is 58.8 Å². The van der Waals surface area contributed by atoms with Crippen LogP contribution in [0.2, 0.25) is 0 Å². The standard InChI is InChI=1S/C15H28N2O/c1-12-7-8-14(11-12)16-13(2)15(18)17-9-5-3-4-6-10-17/h12-14,16H,3-11H2,1-2H3. The molecule has 1 aliphatic carbocycles. The molecule has 1 aliphatic heterocycles. The molecule has 0 spiro atoms. The lowest BCUT2D eigenvalue weighted by atomic mass is 10.1. The Morgan fingerprint density at radius 1 is 1.17 bits per heavy atom. The monoisotopic (exact) mass is 252 g/mol. The van der Waals surface area contributed by atoms with Crippen LogP contribution in [0, 0.1) is 5.92 Å². The smallest absolute Gasteiger partial charge is 0.239 e. The van der Waals surface area contributed by atoms with Crippen molar-refractivity contribution in [3.05, 3.63) is 0 Å². The Bertz CT molecular complexity index is 272. The van der Waals surface area contributed by atoms with Crippen LogP contribution in [0.5, 0.6) is 0 Å². The zero-order chi connectivity index (χ0) is 13.0. The van der Waals surface area contributed by atoms with E-state index in [0.717, 1.165) is 19.0 Å². The molecule has 2 aliphatic rings. The van der Waals surface area contributed by atoms with E-state index in [4.69, 9.17) is 0 Å². The molecule has 0 radical (unpaired) electrons. The van der Waals surface area contributed by atoms with E-state index in [1.54, 1.807) is 0 Å². The second kappa shape index (κ2) is 6.55. The summed E-state index contributed by atoms with van der Waals surface area (Å²) in [5.41, 5.74) is 0. The third-order valence-corrected chi connectivity index (χ3v) is 4.47. The Balaban J connectivity index is 1.80. The van der Waals surface area contributed by atoms with Crippen molar-refractivity contribution in [3.63, 3.8) is 0 Å². The van der Waals surface area contributed by atoms with Crippen LogP contribution in [-0.2, 0) is 4.79 Å². The molecule has 3 unspecified atom stereocenters. The predicted molar refractivity (Wildman–Crippen MR) is 74.4 cm³/mol. The molecular formula is C15H28N2O. The van der Waals surface area contributed by atoms with E-state index in [-0.39, 0.29) is 6.04 Å². The van der Waals surface area contributed by atoms with E-state index >= 15 is 0 Å². The third-order valence-electron chi connectivity index (χ3n) is 4.47. The number of likely N-dealkylation sites (tertiary alicyclic amines) is 1. The summed E-state index contributed by atoms with van der Waals surface area (Å²) in [6.45, 7) is 6.27. The van der Waals surface area contributed by atoms with Crippen LogP contribution in [0.15, 0.2) is 0 Å². The summed E-state index contributed by atoms with van der Waals surface area (Å²) < 4.78 is 0. The number of hydrogen-bond donors (Lipinski definition) is 1. The molecule has 1 heterocycles. The highest BCUT2D eigenvalue weighted by Crippen LogP contribution is 2.25. The highest BCUT2D eigenvalue weighted by molar-refractivity contribution is 5.81. The van der Waals surface area contributed by atoms with E-state index in [0.29, 0.717) is 11.9 Å². The number of hydrogen-bond acceptors (Lipinski definition) is 2. The van der Waals surface area contributed by atoms with E-state index in [1.807, 2.05) is 6.92 Å². The number of carbonyl (C=O) groups excluding carboxylic acids is 1. The van der Waals surface area contributed by atoms with Gasteiger partial charge in [0.1, 0.15) is 0 Å². The van der Waals surface area contributed by atoms with Gasteiger partial charge < -0.3 is 10.2 Å². The van der Waals surface area contributed by atoms with Crippen molar-refractivity contribution in [1.82, 2.24) is 10.2 Å². The van der Waals surface area contributed by atoms with Gasteiger partial charge in [0.15, 0.2) is 0 Å². The van der Waals surface area contributed by atoms with Crippen molar-refractivity contribution in [2.24, 2.45) is 5.92 Å². The topological polar surface area (TPSA) is 32.3 Å². The first kappa shape index (κ1) is 13.9. The van der Waals surface area contributed by atoms with Crippen molar-refractivity contribution in [2.45, 2.75) is 70.9 Å². The fourth-order valence-corrected chi connectivity index (χ4v) is 3.35. The summed E-state index contributed by atoms with van der Waals surface area (Å²) >= 11 is 0. The fourth-order valence-electron chi connectivity index (χ4n) is 3.35. The molecule has 2 rings (SSSR count). The molecule has 3 nitrogen and oxygen atoms in total. The molecule has 0 aromatic rings. The Kier molecular flexibility index (Phi) is 5.04. The van der Waals surface area contributed by atoms with Crippen LogP contribution < -0.4 is 5.32 Å². The molecule has 2 fully saturated rings. The molecule has 1 saturated heterocycles. The second-order valence-corrected chi connectivity index (χ2v) is 6.24. The Morgan fingerprint density at radius 2 is 1.83 bits per heavy atom. The molecule has 1 N–H and O–H groups in total. The highest BCUT2D eigenvalue weighted by atomic mass is 16.2. The van der Waals surface area contributed by atoms with Gasteiger partial charge in [0.2, 0.25) is 5.91 Å². The number of nitrogens with one attached hydrogen (secondary N) is 1. The minimum atomic E-state index is -0.00148. The van der Waals surface area contributed by atoms with E-state index in [2.05, 4.69) is 17.1 Å². The molecule has 0 bridgehead atoms. The van der Waals surface area contributed by atoms with Gasteiger partial charge in [-0.1, -0.05) is 19.8 Å². The van der Waals surface area contributed by atoms with Crippen molar-refractivity contribution >= 4 is 5.91 Å². The Morgan fingerprint density at radius 3 is 2.39 bits per heavy atom. The molecule has 0 aromatic carbocycles. The average molecular weight is 252 g/mol. The Hall–Kier alpha value is -0.570. The molecule has 104 valence electrons. The van der Waals surface area contributed by atoms with Gasteiger partial charge in [-0.15, -0.1) is 0 Å². The first-order valence-corrected chi connectivity index (χ1v) is 7.71. The van der Waals surface area contributed by atoms with Gasteiger partial charge in [-0.05, 0) is 44.9 Å². The number of rotatable bonds is 3. The first-order valence-electron chi connectivity index (χ1n) is 7.71. The lowest BCUT2D eigenvalue weighted by Gasteiger charge is -2.26. The van der Waals surface area contributed by atoms with Gasteiger partial charge in [-0.3, -0.25) is 4.79 Å². The zero-order valence-corrected chi connectivity index (χ0v) is 12.0. The van der Waals surface area contributed by atoms with Crippen LogP contribution in [0.3, 0.4) is 0 Å². The summed E-state index contributed by atoms with van der Waals surface area (Å²) in [5, 5.41) is 3.54. The van der Waals surface area contributed by atoms with Crippen LogP contribution in [0.25, 0.3) is 0 Å². The average Bonchev–Trinajstić information content (AvgIpc) is 2.62. The highest BCUT2D eigenvalue weighted by Gasteiger charge is 2.27. The van der Waals surface area contributed by atoms with E-state index in [1.165, 1.54) is 44.9 Å². The maximum Gasteiger partial charge on any atom is 0.239 e. The fraction of sp³-hybridized carbons (Fsp3) is 0.933. The molecule has 3 heteroatoms. The molecule has 1 saturated carbocycles. The second-order valence-electron chi connectivity index (χ2n) is 6.24. The maximum absolute atomic E-state index is 12.4. The Labute approximate surface area is 111 Å². The number of nitrogens with zero attached hydrogens (tertiary/aromatic N) is 1. The van der Waals surface area contributed by atoms with Gasteiger partial charge >= 0.3 is 0 Å². The first-order chi connectivity index (χ1) is 8.66. The zero-order valence-electron chi connectivity index (χ0n) is 12.0. The van der Waals surface area contributed by atoms with Crippen LogP contribution >= 0.6 is 0 Å². The van der Waals surface area contributed by atoms with Crippen molar-refractivity contribution < 1.29 is 4.79 Å². The van der Waals surface area contributed by atoms with Gasteiger partial charge in [0.05, 0.1) is 6.04 Å². The minimum Gasteiger partial charge on any atom is -0.341 e. The maximum atomic E-state index is 12.4. The quantitative estimate of drug-likeness (QED) is 0.837. The summed E-state index contributed by atoms with van der Waals surface area (Å²) in [7, 11) is 0. The summed E-state index contributed by atoms with van der Waals surface area (Å²) in [6, 6.07) is 0.560. The van der Waals surface area contributed by atoms with Crippen molar-refractivity contribution in [2.75, 3.05) is 13.1 Å². The van der Waals surface area contributed by atoms with E-state index in [9.17, 15) is 4.79 Å². The summed E-state index contributed by atoms with van der Waals surface area (Å²) in [5.74, 6) is 1.14. The molecular weight excluding hydrogens is 224 g/mol. The lowest BCUT2D eigenvalue weighted by Crippen LogP contribution is -2.48. The van der Waals surface area contributed by atoms with Gasteiger partial charge in [-0.2, -0.15) is 0 Å². The summed E-state index contributed by atoms with van der Waals surface area (Å²) in [4.78, 5) is 14.5. The number of carbonyl (C=O) groups is 1. The largest absolute Gasteiger partial charge is 0.341 e. The molecule has 3 atom stereocenters. The van der Waals surface area contributed by atoms with Gasteiger partial charge in [0, 0.05) is 19.1 Å². The van der Waals surface area contributed by atoms with Crippen LogP contribution in [0.4, 0.5) is 0 Å². The molecule has 0 aromatic heterocycles. The molecule has 18 heavy (non-hydrogen) atoms. The SMILES string of the molecule is CC1CCC(NC(C)C(=O)N2CCCCCC2)C1. The van der Waals surface area contributed by atoms with Gasteiger partial charge in [-0.25, -0.2) is 0 Å². The van der Waals surface area contributed by atoms with E-state index < -0.39 is 0 Å². The minimum absolute atomic E-state index is 0.00148. The lowest BCUT2D eigenvalue weighted by molar-refractivity contribution is -0.133. The van der Waals surface area contributed by atoms with Crippen molar-refractivity contribution in [3.8, 4) is 0 Å².